The molecule has 1 aromatic carbocycles. The summed E-state index contributed by atoms with van der Waals surface area (Å²) in [7, 11) is -3.26. The molecule has 21 heavy (non-hydrogen) atoms. The third kappa shape index (κ3) is 4.83. The molecular formula is C16H22N2O2S. The van der Waals surface area contributed by atoms with E-state index in [1.165, 1.54) is 37.8 Å². The van der Waals surface area contributed by atoms with Gasteiger partial charge in [0.15, 0.2) is 9.84 Å². The summed E-state index contributed by atoms with van der Waals surface area (Å²) in [6.45, 7) is 1.38. The Balaban J connectivity index is 1.74. The molecule has 0 amide bonds. The van der Waals surface area contributed by atoms with E-state index in [0.29, 0.717) is 17.0 Å². The van der Waals surface area contributed by atoms with Gasteiger partial charge in [0.25, 0.3) is 0 Å². The van der Waals surface area contributed by atoms with Crippen molar-refractivity contribution in [1.82, 2.24) is 5.32 Å². The smallest absolute Gasteiger partial charge is 0.179 e. The van der Waals surface area contributed by atoms with Crippen molar-refractivity contribution in [3.05, 3.63) is 29.8 Å². The number of sulfone groups is 1. The van der Waals surface area contributed by atoms with Crippen LogP contribution in [-0.4, -0.2) is 27.3 Å². The molecule has 1 saturated carbocycles. The monoisotopic (exact) mass is 306 g/mol. The van der Waals surface area contributed by atoms with Crippen molar-refractivity contribution in [2.24, 2.45) is 5.92 Å². The summed E-state index contributed by atoms with van der Waals surface area (Å²) in [5.74, 6) is 0.927. The fourth-order valence-corrected chi connectivity index (χ4v) is 3.99. The zero-order valence-electron chi connectivity index (χ0n) is 12.2. The molecule has 0 atom stereocenters. The Kier molecular flexibility index (Phi) is 5.77. The van der Waals surface area contributed by atoms with Crippen molar-refractivity contribution in [2.45, 2.75) is 37.0 Å². The maximum atomic E-state index is 12.1. The summed E-state index contributed by atoms with van der Waals surface area (Å²) >= 11 is 0. The second-order valence-electron chi connectivity index (χ2n) is 5.64. The molecular weight excluding hydrogens is 284 g/mol. The van der Waals surface area contributed by atoms with Crippen LogP contribution in [0, 0.1) is 17.2 Å². The molecule has 1 fully saturated rings. The van der Waals surface area contributed by atoms with Gasteiger partial charge >= 0.3 is 0 Å². The van der Waals surface area contributed by atoms with Crippen LogP contribution in [0.1, 0.15) is 37.7 Å². The van der Waals surface area contributed by atoms with Crippen LogP contribution in [0.4, 0.5) is 0 Å². The maximum absolute atomic E-state index is 12.1. The third-order valence-electron chi connectivity index (χ3n) is 4.09. The summed E-state index contributed by atoms with van der Waals surface area (Å²) in [5.41, 5.74) is 0.476. The zero-order valence-corrected chi connectivity index (χ0v) is 13.0. The molecule has 0 aromatic heterocycles. The average molecular weight is 306 g/mol. The first-order chi connectivity index (χ1) is 10.1. The minimum absolute atomic E-state index is 0.101. The predicted molar refractivity (Wildman–Crippen MR) is 82.7 cm³/mol. The highest BCUT2D eigenvalue weighted by Gasteiger charge is 2.15. The van der Waals surface area contributed by atoms with Crippen LogP contribution in [0.3, 0.4) is 0 Å². The molecule has 0 aliphatic heterocycles. The number of nitrogens with one attached hydrogen (secondary N) is 1. The Labute approximate surface area is 127 Å². The lowest BCUT2D eigenvalue weighted by Gasteiger charge is -2.10. The SMILES string of the molecule is N#Cc1ccc(S(=O)(=O)CCNCCC2CCCC2)cc1. The predicted octanol–water partition coefficient (Wildman–Crippen LogP) is 2.50. The molecule has 114 valence electrons. The van der Waals surface area contributed by atoms with Crippen LogP contribution in [0.5, 0.6) is 0 Å². The quantitative estimate of drug-likeness (QED) is 0.786. The van der Waals surface area contributed by atoms with Gasteiger partial charge in [0.1, 0.15) is 0 Å². The lowest BCUT2D eigenvalue weighted by Crippen LogP contribution is -2.25. The number of nitrogens with zero attached hydrogens (tertiary/aromatic N) is 1. The summed E-state index contributed by atoms with van der Waals surface area (Å²) in [5, 5.41) is 11.9. The molecule has 0 unspecified atom stereocenters. The van der Waals surface area contributed by atoms with Gasteiger partial charge in [-0.25, -0.2) is 8.42 Å². The van der Waals surface area contributed by atoms with Gasteiger partial charge in [-0.05, 0) is 43.1 Å². The van der Waals surface area contributed by atoms with E-state index >= 15 is 0 Å². The summed E-state index contributed by atoms with van der Waals surface area (Å²) in [6, 6.07) is 8.08. The van der Waals surface area contributed by atoms with Gasteiger partial charge in [-0.15, -0.1) is 0 Å². The Bertz CT molecular complexity index is 582. The highest BCUT2D eigenvalue weighted by Crippen LogP contribution is 2.26. The van der Waals surface area contributed by atoms with E-state index in [0.717, 1.165) is 18.9 Å². The molecule has 0 radical (unpaired) electrons. The summed E-state index contributed by atoms with van der Waals surface area (Å²) in [6.07, 6.45) is 6.49. The second kappa shape index (κ2) is 7.58. The first-order valence-corrected chi connectivity index (χ1v) is 9.21. The van der Waals surface area contributed by atoms with Gasteiger partial charge in [0.2, 0.25) is 0 Å². The summed E-state index contributed by atoms with van der Waals surface area (Å²) < 4.78 is 24.3. The van der Waals surface area contributed by atoms with Crippen LogP contribution in [-0.2, 0) is 9.84 Å². The van der Waals surface area contributed by atoms with Gasteiger partial charge in [-0.3, -0.25) is 0 Å². The molecule has 0 spiro atoms. The van der Waals surface area contributed by atoms with Gasteiger partial charge in [-0.1, -0.05) is 25.7 Å². The maximum Gasteiger partial charge on any atom is 0.179 e. The molecule has 0 heterocycles. The van der Waals surface area contributed by atoms with Crippen molar-refractivity contribution in [2.75, 3.05) is 18.8 Å². The molecule has 2 rings (SSSR count). The Morgan fingerprint density at radius 3 is 2.43 bits per heavy atom. The van der Waals surface area contributed by atoms with E-state index in [-0.39, 0.29) is 5.75 Å². The van der Waals surface area contributed by atoms with Crippen LogP contribution >= 0.6 is 0 Å². The third-order valence-corrected chi connectivity index (χ3v) is 5.83. The molecule has 5 heteroatoms. The lowest BCUT2D eigenvalue weighted by molar-refractivity contribution is 0.482. The fraction of sp³-hybridized carbons (Fsp3) is 0.562. The minimum atomic E-state index is -3.26. The molecule has 1 aliphatic carbocycles. The second-order valence-corrected chi connectivity index (χ2v) is 7.75. The van der Waals surface area contributed by atoms with Crippen molar-refractivity contribution in [1.29, 1.82) is 5.26 Å². The van der Waals surface area contributed by atoms with Crippen molar-refractivity contribution in [3.8, 4) is 6.07 Å². The van der Waals surface area contributed by atoms with E-state index in [1.54, 1.807) is 12.1 Å². The molecule has 0 saturated heterocycles. The van der Waals surface area contributed by atoms with Crippen molar-refractivity contribution < 1.29 is 8.42 Å². The van der Waals surface area contributed by atoms with E-state index in [1.807, 2.05) is 6.07 Å². The van der Waals surface area contributed by atoms with Gasteiger partial charge in [0, 0.05) is 6.54 Å². The highest BCUT2D eigenvalue weighted by atomic mass is 32.2. The molecule has 1 aliphatic rings. The Morgan fingerprint density at radius 2 is 1.81 bits per heavy atom. The fourth-order valence-electron chi connectivity index (χ4n) is 2.79. The topological polar surface area (TPSA) is 70.0 Å². The van der Waals surface area contributed by atoms with E-state index in [2.05, 4.69) is 5.32 Å². The van der Waals surface area contributed by atoms with Gasteiger partial charge < -0.3 is 5.32 Å². The first kappa shape index (κ1) is 16.0. The Hall–Kier alpha value is -1.38. The number of benzene rings is 1. The number of nitriles is 1. The number of hydrogen-bond acceptors (Lipinski definition) is 4. The number of hydrogen-bond donors (Lipinski definition) is 1. The van der Waals surface area contributed by atoms with Crippen molar-refractivity contribution in [3.63, 3.8) is 0 Å². The van der Waals surface area contributed by atoms with Gasteiger partial charge in [-0.2, -0.15) is 5.26 Å². The normalized spacial score (nSPS) is 16.0. The van der Waals surface area contributed by atoms with Gasteiger partial charge in [0.05, 0.1) is 22.3 Å². The molecule has 1 N–H and O–H groups in total. The molecule has 0 bridgehead atoms. The largest absolute Gasteiger partial charge is 0.316 e. The highest BCUT2D eigenvalue weighted by molar-refractivity contribution is 7.91. The average Bonchev–Trinajstić information content (AvgIpc) is 3.00. The number of rotatable bonds is 7. The van der Waals surface area contributed by atoms with Crippen LogP contribution in [0.15, 0.2) is 29.2 Å². The minimum Gasteiger partial charge on any atom is -0.316 e. The summed E-state index contributed by atoms with van der Waals surface area (Å²) in [4.78, 5) is 0.291. The standard InChI is InChI=1S/C16H22N2O2S/c17-13-15-5-7-16(8-6-15)21(19,20)12-11-18-10-9-14-3-1-2-4-14/h5-8,14,18H,1-4,9-12H2. The Morgan fingerprint density at radius 1 is 1.14 bits per heavy atom. The first-order valence-electron chi connectivity index (χ1n) is 7.55. The van der Waals surface area contributed by atoms with E-state index in [4.69, 9.17) is 5.26 Å². The molecule has 1 aromatic rings. The molecule has 4 nitrogen and oxygen atoms in total. The van der Waals surface area contributed by atoms with Crippen molar-refractivity contribution >= 4 is 9.84 Å². The van der Waals surface area contributed by atoms with E-state index < -0.39 is 9.84 Å². The lowest BCUT2D eigenvalue weighted by atomic mass is 10.0. The van der Waals surface area contributed by atoms with E-state index in [9.17, 15) is 8.42 Å². The van der Waals surface area contributed by atoms with Crippen LogP contribution < -0.4 is 5.32 Å². The zero-order chi connectivity index (χ0) is 15.1. The van der Waals surface area contributed by atoms with Crippen LogP contribution in [0.25, 0.3) is 0 Å². The van der Waals surface area contributed by atoms with Crippen LogP contribution in [0.2, 0.25) is 0 Å².